The molecule has 1 aromatic rings. The summed E-state index contributed by atoms with van der Waals surface area (Å²) in [5, 5.41) is 0.710. The van der Waals surface area contributed by atoms with Gasteiger partial charge >= 0.3 is 0 Å². The molecule has 15 heavy (non-hydrogen) atoms. The fraction of sp³-hybridized carbons (Fsp3) is 0.500. The van der Waals surface area contributed by atoms with Gasteiger partial charge in [-0.3, -0.25) is 5.84 Å². The lowest BCUT2D eigenvalue weighted by Gasteiger charge is -2.11. The second-order valence-electron chi connectivity index (χ2n) is 2.95. The lowest BCUT2D eigenvalue weighted by molar-refractivity contribution is 0.926. The van der Waals surface area contributed by atoms with Crippen molar-refractivity contribution in [2.24, 2.45) is 11.7 Å². The van der Waals surface area contributed by atoms with E-state index in [1.165, 1.54) is 0 Å². The quantitative estimate of drug-likeness (QED) is 0.256. The van der Waals surface area contributed by atoms with Crippen molar-refractivity contribution in [2.45, 2.75) is 25.4 Å². The average molecular weight is 228 g/mol. The maximum absolute atomic E-state index is 5.35. The molecule has 0 saturated heterocycles. The van der Waals surface area contributed by atoms with E-state index in [0.717, 1.165) is 17.9 Å². The number of nitrogens with one attached hydrogen (secondary N) is 2. The lowest BCUT2D eigenvalue weighted by Crippen LogP contribution is -2.17. The fourth-order valence-electron chi connectivity index (χ4n) is 1.08. The lowest BCUT2D eigenvalue weighted by atomic mass is 10.3. The molecule has 0 fully saturated rings. The largest absolute Gasteiger partial charge is 0.319 e. The Morgan fingerprint density at radius 3 is 2.53 bits per heavy atom. The van der Waals surface area contributed by atoms with Gasteiger partial charge in [0.05, 0.1) is 5.69 Å². The highest BCUT2D eigenvalue weighted by molar-refractivity contribution is 7.99. The van der Waals surface area contributed by atoms with Gasteiger partial charge in [-0.05, 0) is 13.3 Å². The molecule has 0 amide bonds. The Morgan fingerprint density at radius 2 is 2.00 bits per heavy atom. The number of hydrogen-bond donors (Lipinski definition) is 4. The first kappa shape index (κ1) is 12.0. The zero-order chi connectivity index (χ0) is 11.3. The highest BCUT2D eigenvalue weighted by Gasteiger charge is 2.09. The summed E-state index contributed by atoms with van der Waals surface area (Å²) in [4.78, 5) is 8.54. The molecular weight excluding hydrogens is 212 g/mol. The minimum Gasteiger partial charge on any atom is -0.319 e. The van der Waals surface area contributed by atoms with Crippen LogP contribution in [0.5, 0.6) is 0 Å². The van der Waals surface area contributed by atoms with Gasteiger partial charge in [-0.1, -0.05) is 18.7 Å². The van der Waals surface area contributed by atoms with Crippen molar-refractivity contribution in [1.82, 2.24) is 9.97 Å². The molecule has 6 nitrogen and oxygen atoms in total. The molecule has 0 unspecified atom stereocenters. The normalized spacial score (nSPS) is 10.1. The maximum Gasteiger partial charge on any atom is 0.189 e. The van der Waals surface area contributed by atoms with E-state index in [0.29, 0.717) is 16.7 Å². The fourth-order valence-corrected chi connectivity index (χ4v) is 1.83. The highest BCUT2D eigenvalue weighted by Crippen LogP contribution is 2.24. The van der Waals surface area contributed by atoms with Gasteiger partial charge in [0.25, 0.3) is 0 Å². The van der Waals surface area contributed by atoms with Crippen molar-refractivity contribution in [3.63, 3.8) is 0 Å². The van der Waals surface area contributed by atoms with Gasteiger partial charge in [0.15, 0.2) is 11.0 Å². The zero-order valence-electron chi connectivity index (χ0n) is 8.87. The number of aryl methyl sites for hydroxylation is 1. The number of hydrogen-bond acceptors (Lipinski definition) is 7. The Balaban J connectivity index is 2.97. The van der Waals surface area contributed by atoms with Crippen molar-refractivity contribution >= 4 is 23.3 Å². The average Bonchev–Trinajstić information content (AvgIpc) is 2.25. The van der Waals surface area contributed by atoms with Gasteiger partial charge in [0.2, 0.25) is 0 Å². The van der Waals surface area contributed by atoms with E-state index in [1.807, 2.05) is 6.92 Å². The first-order valence-electron chi connectivity index (χ1n) is 4.67. The first-order chi connectivity index (χ1) is 7.22. The van der Waals surface area contributed by atoms with Gasteiger partial charge in [0.1, 0.15) is 5.69 Å². The molecule has 1 aromatic heterocycles. The molecular formula is C8H16N6S. The van der Waals surface area contributed by atoms with Gasteiger partial charge in [0, 0.05) is 5.75 Å². The van der Waals surface area contributed by atoms with Crippen LogP contribution in [-0.2, 0) is 0 Å². The third-order valence-corrected chi connectivity index (χ3v) is 2.84. The molecule has 7 heteroatoms. The SMILES string of the molecule is CCCSc1nc(C)c(NN)c(NN)n1. The topological polar surface area (TPSA) is 102 Å². The van der Waals surface area contributed by atoms with Crippen LogP contribution in [0.25, 0.3) is 0 Å². The Labute approximate surface area is 93.2 Å². The minimum absolute atomic E-state index is 0.517. The summed E-state index contributed by atoms with van der Waals surface area (Å²) in [7, 11) is 0. The monoisotopic (exact) mass is 228 g/mol. The molecule has 0 spiro atoms. The molecule has 6 N–H and O–H groups in total. The molecule has 0 atom stereocenters. The molecule has 0 aliphatic carbocycles. The summed E-state index contributed by atoms with van der Waals surface area (Å²) in [6.07, 6.45) is 1.08. The van der Waals surface area contributed by atoms with Crippen molar-refractivity contribution in [3.8, 4) is 0 Å². The Morgan fingerprint density at radius 1 is 1.27 bits per heavy atom. The summed E-state index contributed by atoms with van der Waals surface area (Å²) in [5.74, 6) is 12.2. The zero-order valence-corrected chi connectivity index (χ0v) is 9.69. The number of aromatic nitrogens is 2. The molecule has 0 saturated carbocycles. The van der Waals surface area contributed by atoms with Gasteiger partial charge in [-0.2, -0.15) is 0 Å². The van der Waals surface area contributed by atoms with Crippen LogP contribution in [0, 0.1) is 6.92 Å². The minimum atomic E-state index is 0.517. The number of nitrogens with zero attached hydrogens (tertiary/aromatic N) is 2. The van der Waals surface area contributed by atoms with Crippen LogP contribution in [0.1, 0.15) is 19.0 Å². The van der Waals surface area contributed by atoms with Crippen LogP contribution in [0.3, 0.4) is 0 Å². The molecule has 1 rings (SSSR count). The van der Waals surface area contributed by atoms with Crippen molar-refractivity contribution in [2.75, 3.05) is 16.6 Å². The van der Waals surface area contributed by atoms with Crippen LogP contribution in [0.15, 0.2) is 5.16 Å². The molecule has 1 heterocycles. The number of anilines is 2. The molecule has 0 aliphatic heterocycles. The standard InChI is InChI=1S/C8H16N6S/c1-3-4-15-8-11-5(2)6(13-9)7(12-8)14-10/h13H,3-4,9-10H2,1-2H3,(H,11,12,14). The summed E-state index contributed by atoms with van der Waals surface area (Å²) >= 11 is 1.60. The molecule has 0 aromatic carbocycles. The van der Waals surface area contributed by atoms with E-state index in [9.17, 15) is 0 Å². The van der Waals surface area contributed by atoms with Crippen LogP contribution in [0.2, 0.25) is 0 Å². The number of nitrogens with two attached hydrogens (primary N) is 2. The summed E-state index contributed by atoms with van der Waals surface area (Å²) in [6.45, 7) is 3.96. The smallest absolute Gasteiger partial charge is 0.189 e. The second-order valence-corrected chi connectivity index (χ2v) is 4.01. The van der Waals surface area contributed by atoms with E-state index in [2.05, 4.69) is 27.7 Å². The van der Waals surface area contributed by atoms with Crippen LogP contribution in [-0.4, -0.2) is 15.7 Å². The summed E-state index contributed by atoms with van der Waals surface area (Å²) in [5.41, 5.74) is 6.42. The first-order valence-corrected chi connectivity index (χ1v) is 5.66. The Kier molecular flexibility index (Phi) is 4.60. The highest BCUT2D eigenvalue weighted by atomic mass is 32.2. The van der Waals surface area contributed by atoms with E-state index < -0.39 is 0 Å². The van der Waals surface area contributed by atoms with E-state index in [1.54, 1.807) is 11.8 Å². The van der Waals surface area contributed by atoms with Crippen molar-refractivity contribution in [1.29, 1.82) is 0 Å². The Bertz CT molecular complexity index is 329. The van der Waals surface area contributed by atoms with Gasteiger partial charge in [-0.25, -0.2) is 15.8 Å². The summed E-state index contributed by atoms with van der Waals surface area (Å²) in [6, 6.07) is 0. The predicted octanol–water partition coefficient (Wildman–Crippen LogP) is 0.858. The summed E-state index contributed by atoms with van der Waals surface area (Å²) < 4.78 is 0. The van der Waals surface area contributed by atoms with E-state index in [4.69, 9.17) is 11.7 Å². The van der Waals surface area contributed by atoms with Crippen molar-refractivity contribution < 1.29 is 0 Å². The predicted molar refractivity (Wildman–Crippen MR) is 63.4 cm³/mol. The van der Waals surface area contributed by atoms with E-state index >= 15 is 0 Å². The third-order valence-electron chi connectivity index (χ3n) is 1.79. The third kappa shape index (κ3) is 2.95. The van der Waals surface area contributed by atoms with Crippen LogP contribution < -0.4 is 22.5 Å². The molecule has 84 valence electrons. The van der Waals surface area contributed by atoms with Crippen LogP contribution >= 0.6 is 11.8 Å². The number of nitrogen functional groups attached to an aromatic ring is 2. The van der Waals surface area contributed by atoms with Gasteiger partial charge < -0.3 is 10.9 Å². The molecule has 0 aliphatic rings. The van der Waals surface area contributed by atoms with Crippen LogP contribution in [0.4, 0.5) is 11.5 Å². The number of thioether (sulfide) groups is 1. The van der Waals surface area contributed by atoms with E-state index in [-0.39, 0.29) is 0 Å². The molecule has 0 bridgehead atoms. The van der Waals surface area contributed by atoms with Crippen molar-refractivity contribution in [3.05, 3.63) is 5.69 Å². The Hall–Kier alpha value is -1.05. The van der Waals surface area contributed by atoms with Gasteiger partial charge in [-0.15, -0.1) is 0 Å². The number of hydrazine groups is 2. The second kappa shape index (κ2) is 5.74. The molecule has 0 radical (unpaired) electrons. The number of rotatable bonds is 5. The maximum atomic E-state index is 5.35.